The zero-order chi connectivity index (χ0) is 20.3. The van der Waals surface area contributed by atoms with Crippen LogP contribution in [0.2, 0.25) is 0 Å². The van der Waals surface area contributed by atoms with Crippen LogP contribution >= 0.6 is 0 Å². The molecule has 1 fully saturated rings. The van der Waals surface area contributed by atoms with Crippen LogP contribution in [0.1, 0.15) is 30.0 Å². The van der Waals surface area contributed by atoms with E-state index in [1.807, 2.05) is 30.3 Å². The van der Waals surface area contributed by atoms with Gasteiger partial charge in [-0.1, -0.05) is 30.3 Å². The highest BCUT2D eigenvalue weighted by molar-refractivity contribution is 7.88. The molecule has 1 aliphatic heterocycles. The lowest BCUT2D eigenvalue weighted by atomic mass is 9.92. The van der Waals surface area contributed by atoms with E-state index in [4.69, 9.17) is 0 Å². The molecule has 0 aliphatic carbocycles. The Hall–Kier alpha value is -2.64. The SMILES string of the molecule is O=S(=O)(Cc1ccccc1)N1CCC[C@@H](c2nccnc2-c2ccc(F)cc2)C1. The highest BCUT2D eigenvalue weighted by Gasteiger charge is 2.31. The van der Waals surface area contributed by atoms with Crippen molar-refractivity contribution in [1.29, 1.82) is 0 Å². The molecule has 0 radical (unpaired) electrons. The van der Waals surface area contributed by atoms with Crippen molar-refractivity contribution in [3.63, 3.8) is 0 Å². The Kier molecular flexibility index (Phi) is 5.69. The quantitative estimate of drug-likeness (QED) is 0.637. The molecule has 29 heavy (non-hydrogen) atoms. The molecule has 150 valence electrons. The third kappa shape index (κ3) is 4.52. The van der Waals surface area contributed by atoms with Crippen molar-refractivity contribution in [3.05, 3.63) is 84.1 Å². The number of hydrogen-bond donors (Lipinski definition) is 0. The van der Waals surface area contributed by atoms with Crippen molar-refractivity contribution < 1.29 is 12.8 Å². The Balaban J connectivity index is 1.58. The summed E-state index contributed by atoms with van der Waals surface area (Å²) in [7, 11) is -3.42. The van der Waals surface area contributed by atoms with Crippen molar-refractivity contribution in [2.24, 2.45) is 0 Å². The number of piperidine rings is 1. The fourth-order valence-electron chi connectivity index (χ4n) is 3.77. The van der Waals surface area contributed by atoms with Gasteiger partial charge in [0.25, 0.3) is 0 Å². The van der Waals surface area contributed by atoms with Crippen LogP contribution in [0.15, 0.2) is 67.0 Å². The molecule has 0 spiro atoms. The molecule has 7 heteroatoms. The Morgan fingerprint density at radius 1 is 1.00 bits per heavy atom. The lowest BCUT2D eigenvalue weighted by molar-refractivity contribution is 0.312. The molecule has 0 bridgehead atoms. The molecule has 4 rings (SSSR count). The predicted octanol–water partition coefficient (Wildman–Crippen LogP) is 3.99. The Morgan fingerprint density at radius 2 is 1.72 bits per heavy atom. The second kappa shape index (κ2) is 8.39. The molecule has 3 aromatic rings. The third-order valence-corrected chi connectivity index (χ3v) is 7.02. The van der Waals surface area contributed by atoms with E-state index >= 15 is 0 Å². The molecule has 0 N–H and O–H groups in total. The standard InChI is InChI=1S/C22H22FN3O2S/c23-20-10-8-18(9-11-20)21-22(25-13-12-24-21)19-7-4-14-26(15-19)29(27,28)16-17-5-2-1-3-6-17/h1-3,5-6,8-13,19H,4,7,14-16H2/t19-/m1/s1. The molecule has 1 atom stereocenters. The second-order valence-corrected chi connectivity index (χ2v) is 9.20. The minimum absolute atomic E-state index is 0.00809. The summed E-state index contributed by atoms with van der Waals surface area (Å²) in [5.74, 6) is -0.371. The Morgan fingerprint density at radius 3 is 2.48 bits per heavy atom. The minimum Gasteiger partial charge on any atom is -0.257 e. The number of rotatable bonds is 5. The number of halogens is 1. The largest absolute Gasteiger partial charge is 0.257 e. The van der Waals surface area contributed by atoms with Crippen LogP contribution in [-0.2, 0) is 15.8 Å². The first-order valence-corrected chi connectivity index (χ1v) is 11.2. The van der Waals surface area contributed by atoms with Gasteiger partial charge in [0.2, 0.25) is 10.0 Å². The van der Waals surface area contributed by atoms with E-state index in [2.05, 4.69) is 9.97 Å². The molecule has 1 aromatic heterocycles. The third-order valence-electron chi connectivity index (χ3n) is 5.20. The normalized spacial score (nSPS) is 17.9. The predicted molar refractivity (Wildman–Crippen MR) is 110 cm³/mol. The molecular formula is C22H22FN3O2S. The summed E-state index contributed by atoms with van der Waals surface area (Å²) in [5, 5.41) is 0. The van der Waals surface area contributed by atoms with Gasteiger partial charge in [0, 0.05) is 37.0 Å². The van der Waals surface area contributed by atoms with Gasteiger partial charge in [0.15, 0.2) is 0 Å². The summed E-state index contributed by atoms with van der Waals surface area (Å²) in [5.41, 5.74) is 3.00. The Labute approximate surface area is 170 Å². The maximum Gasteiger partial charge on any atom is 0.218 e. The summed E-state index contributed by atoms with van der Waals surface area (Å²) >= 11 is 0. The van der Waals surface area contributed by atoms with Crippen LogP contribution < -0.4 is 0 Å². The number of sulfonamides is 1. The zero-order valence-corrected chi connectivity index (χ0v) is 16.7. The fourth-order valence-corrected chi connectivity index (χ4v) is 5.38. The first-order valence-electron chi connectivity index (χ1n) is 9.61. The molecule has 2 heterocycles. The first-order chi connectivity index (χ1) is 14.0. The van der Waals surface area contributed by atoms with Gasteiger partial charge in [-0.3, -0.25) is 9.97 Å². The minimum atomic E-state index is -3.42. The number of nitrogens with zero attached hydrogens (tertiary/aromatic N) is 3. The van der Waals surface area contributed by atoms with Crippen LogP contribution in [0.3, 0.4) is 0 Å². The summed E-state index contributed by atoms with van der Waals surface area (Å²) in [6.07, 6.45) is 4.83. The number of benzene rings is 2. The first kappa shape index (κ1) is 19.7. The van der Waals surface area contributed by atoms with E-state index in [-0.39, 0.29) is 17.5 Å². The van der Waals surface area contributed by atoms with E-state index in [0.717, 1.165) is 29.7 Å². The van der Waals surface area contributed by atoms with Crippen molar-refractivity contribution in [3.8, 4) is 11.3 Å². The second-order valence-electron chi connectivity index (χ2n) is 7.24. The maximum atomic E-state index is 13.3. The maximum absolute atomic E-state index is 13.3. The molecule has 0 unspecified atom stereocenters. The molecule has 5 nitrogen and oxygen atoms in total. The molecule has 1 aliphatic rings. The van der Waals surface area contributed by atoms with Crippen LogP contribution in [-0.4, -0.2) is 35.8 Å². The van der Waals surface area contributed by atoms with Gasteiger partial charge in [-0.2, -0.15) is 0 Å². The van der Waals surface area contributed by atoms with Gasteiger partial charge in [-0.15, -0.1) is 0 Å². The highest BCUT2D eigenvalue weighted by atomic mass is 32.2. The Bertz CT molecular complexity index is 1070. The van der Waals surface area contributed by atoms with Crippen molar-refractivity contribution >= 4 is 10.0 Å². The molecule has 2 aromatic carbocycles. The van der Waals surface area contributed by atoms with E-state index in [0.29, 0.717) is 18.8 Å². The van der Waals surface area contributed by atoms with Crippen molar-refractivity contribution in [2.75, 3.05) is 13.1 Å². The van der Waals surface area contributed by atoms with E-state index in [1.54, 1.807) is 28.8 Å². The summed E-state index contributed by atoms with van der Waals surface area (Å²) in [4.78, 5) is 8.98. The lowest BCUT2D eigenvalue weighted by Gasteiger charge is -2.32. The van der Waals surface area contributed by atoms with Gasteiger partial charge in [0.1, 0.15) is 5.82 Å². The summed E-state index contributed by atoms with van der Waals surface area (Å²) < 4.78 is 40.8. The monoisotopic (exact) mass is 411 g/mol. The van der Waals surface area contributed by atoms with Crippen LogP contribution in [0.4, 0.5) is 4.39 Å². The molecule has 0 saturated carbocycles. The topological polar surface area (TPSA) is 63.2 Å². The smallest absolute Gasteiger partial charge is 0.218 e. The molecule has 1 saturated heterocycles. The van der Waals surface area contributed by atoms with Crippen molar-refractivity contribution in [1.82, 2.24) is 14.3 Å². The van der Waals surface area contributed by atoms with Gasteiger partial charge < -0.3 is 0 Å². The van der Waals surface area contributed by atoms with Gasteiger partial charge in [-0.25, -0.2) is 17.1 Å². The average Bonchev–Trinajstić information content (AvgIpc) is 2.75. The number of aromatic nitrogens is 2. The molecule has 0 amide bonds. The van der Waals surface area contributed by atoms with Gasteiger partial charge in [-0.05, 0) is 42.7 Å². The van der Waals surface area contributed by atoms with Crippen LogP contribution in [0.5, 0.6) is 0 Å². The summed E-state index contributed by atoms with van der Waals surface area (Å²) in [6, 6.07) is 15.4. The number of hydrogen-bond acceptors (Lipinski definition) is 4. The highest BCUT2D eigenvalue weighted by Crippen LogP contribution is 2.33. The fraction of sp³-hybridized carbons (Fsp3) is 0.273. The lowest BCUT2D eigenvalue weighted by Crippen LogP contribution is -2.40. The van der Waals surface area contributed by atoms with Crippen molar-refractivity contribution in [2.45, 2.75) is 24.5 Å². The summed E-state index contributed by atoms with van der Waals surface area (Å²) in [6.45, 7) is 0.889. The average molecular weight is 412 g/mol. The zero-order valence-electron chi connectivity index (χ0n) is 15.9. The van der Waals surface area contributed by atoms with E-state index in [1.165, 1.54) is 12.1 Å². The molecular weight excluding hydrogens is 389 g/mol. The van der Waals surface area contributed by atoms with Gasteiger partial charge in [0.05, 0.1) is 17.1 Å². The van der Waals surface area contributed by atoms with E-state index in [9.17, 15) is 12.8 Å². The van der Waals surface area contributed by atoms with E-state index < -0.39 is 10.0 Å². The van der Waals surface area contributed by atoms with Crippen LogP contribution in [0.25, 0.3) is 11.3 Å². The van der Waals surface area contributed by atoms with Gasteiger partial charge >= 0.3 is 0 Å². The van der Waals surface area contributed by atoms with Crippen LogP contribution in [0, 0.1) is 5.82 Å².